The number of hydrogen-bond acceptors (Lipinski definition) is 12. The van der Waals surface area contributed by atoms with Crippen molar-refractivity contribution in [2.45, 2.75) is 0 Å². The first-order valence-corrected chi connectivity index (χ1v) is 50.0. The van der Waals surface area contributed by atoms with E-state index in [9.17, 15) is 0 Å². The van der Waals surface area contributed by atoms with Gasteiger partial charge < -0.3 is 17.7 Å². The van der Waals surface area contributed by atoms with Gasteiger partial charge in [-0.05, 0) is 179 Å². The summed E-state index contributed by atoms with van der Waals surface area (Å²) in [6, 6.07) is 175. The number of pyridine rings is 1. The van der Waals surface area contributed by atoms with Crippen molar-refractivity contribution >= 4 is 93.5 Å². The molecule has 0 atom stereocenters. The molecule has 10 heterocycles. The fourth-order valence-corrected chi connectivity index (χ4v) is 20.2. The highest BCUT2D eigenvalue weighted by Gasteiger charge is 2.23. The van der Waals surface area contributed by atoms with Crippen molar-refractivity contribution < 1.29 is 13.3 Å². The third-order valence-electron chi connectivity index (χ3n) is 27.8. The minimum atomic E-state index is 0.667. The first-order chi connectivity index (χ1) is 74.2. The minimum absolute atomic E-state index is 0.667. The van der Waals surface area contributed by atoms with Crippen LogP contribution in [0.4, 0.5) is 0 Å². The first kappa shape index (κ1) is 88.4. The van der Waals surface area contributed by atoms with Crippen LogP contribution in [0.5, 0.6) is 0 Å². The van der Waals surface area contributed by atoms with Gasteiger partial charge in [0.25, 0.3) is 0 Å². The molecule has 29 aromatic rings. The van der Waals surface area contributed by atoms with E-state index >= 15 is 0 Å². The summed E-state index contributed by atoms with van der Waals surface area (Å²) < 4.78 is 24.6. The Balaban J connectivity index is 0.000000111. The molecule has 0 aliphatic carbocycles. The third kappa shape index (κ3) is 17.2. The van der Waals surface area contributed by atoms with Gasteiger partial charge in [0, 0.05) is 123 Å². The molecular weight excluding hydrogens is 1840 g/mol. The van der Waals surface area contributed by atoms with Crippen LogP contribution in [0.15, 0.2) is 535 Å². The fraction of sp³-hybridized carbons (Fsp3) is 0. The van der Waals surface area contributed by atoms with Gasteiger partial charge in [-0.2, -0.15) is 0 Å². The third-order valence-corrected chi connectivity index (χ3v) is 27.8. The Morgan fingerprint density at radius 1 is 0.160 bits per heavy atom. The molecule has 150 heavy (non-hydrogen) atoms. The normalized spacial score (nSPS) is 11.5. The topological polar surface area (TPSA) is 170 Å². The van der Waals surface area contributed by atoms with Crippen molar-refractivity contribution in [3.05, 3.63) is 522 Å². The molecule has 15 nitrogen and oxygen atoms in total. The average Bonchev–Trinajstić information content (AvgIpc) is 1.61. The highest BCUT2D eigenvalue weighted by atomic mass is 16.3. The zero-order valence-electron chi connectivity index (χ0n) is 80.7. The standard InChI is InChI=1S/2C47H30N4O.C41H26N4O/c1-3-11-32(12-4-1)41-30-42(33-21-19-31(20-22-33)36-25-28-45-39(29-36)38-15-7-10-18-44(38)52-45)49-46(48-41)34-23-26-37(27-24-34)51-43-17-9-8-16-40(43)50-47(51)35-13-5-2-6-14-35;1-3-11-32(12-4-1)41-30-42(33-21-19-31(20-22-33)36-27-28-45-39(29-36)38-15-7-10-18-44(38)52-45)49-46(48-41)34-23-25-35(26-24-34)47-50-40-16-8-9-17-43(40)51(47)37-13-5-2-6-14-37;1-2-8-28(9-3-1)35-25-36(44-41(43-35)31-19-17-30(18-20-31)37-26-45-23-7-6-12-40(45)42-37)29-15-13-27(14-16-29)32-21-22-39-34(24-32)33-10-4-5-11-38(33)46-39/h2*1-30H;1-26H. The van der Waals surface area contributed by atoms with Gasteiger partial charge in [-0.1, -0.05) is 364 Å². The van der Waals surface area contributed by atoms with Gasteiger partial charge in [0.2, 0.25) is 0 Å². The average molecular weight is 1920 g/mol. The van der Waals surface area contributed by atoms with Gasteiger partial charge >= 0.3 is 0 Å². The molecule has 0 bridgehead atoms. The number of furan rings is 3. The summed E-state index contributed by atoms with van der Waals surface area (Å²) in [6.45, 7) is 0. The van der Waals surface area contributed by atoms with Crippen molar-refractivity contribution in [2.75, 3.05) is 0 Å². The lowest BCUT2D eigenvalue weighted by Gasteiger charge is -2.12. The van der Waals surface area contributed by atoms with Gasteiger partial charge in [0.05, 0.1) is 61.9 Å². The van der Waals surface area contributed by atoms with E-state index in [4.69, 9.17) is 58.1 Å². The van der Waals surface area contributed by atoms with E-state index in [0.29, 0.717) is 17.5 Å². The summed E-state index contributed by atoms with van der Waals surface area (Å²) in [5, 5.41) is 6.74. The van der Waals surface area contributed by atoms with Crippen LogP contribution in [0.2, 0.25) is 0 Å². The summed E-state index contributed by atoms with van der Waals surface area (Å²) in [4.78, 5) is 45.3. The summed E-state index contributed by atoms with van der Waals surface area (Å²) in [7, 11) is 0. The van der Waals surface area contributed by atoms with Crippen molar-refractivity contribution in [3.8, 4) is 180 Å². The van der Waals surface area contributed by atoms with Crippen LogP contribution in [0, 0.1) is 0 Å². The van der Waals surface area contributed by atoms with E-state index in [1.165, 1.54) is 0 Å². The van der Waals surface area contributed by atoms with Gasteiger partial charge in [-0.15, -0.1) is 0 Å². The van der Waals surface area contributed by atoms with E-state index in [1.54, 1.807) is 0 Å². The predicted octanol–water partition coefficient (Wildman–Crippen LogP) is 34.5. The minimum Gasteiger partial charge on any atom is -0.456 e. The van der Waals surface area contributed by atoms with Crippen LogP contribution in [-0.4, -0.2) is 58.4 Å². The quantitative estimate of drug-likeness (QED) is 0.0847. The Labute approximate surface area is 861 Å². The summed E-state index contributed by atoms with van der Waals surface area (Å²) >= 11 is 0. The number of rotatable bonds is 17. The Bertz CT molecular complexity index is 10100. The molecule has 0 amide bonds. The number of fused-ring (bicyclic) bond motifs is 12. The summed E-state index contributed by atoms with van der Waals surface area (Å²) in [5.74, 6) is 3.81. The van der Waals surface area contributed by atoms with Crippen molar-refractivity contribution in [1.82, 2.24) is 58.4 Å². The van der Waals surface area contributed by atoms with Gasteiger partial charge in [-0.25, -0.2) is 44.9 Å². The molecule has 0 N–H and O–H groups in total. The summed E-state index contributed by atoms with van der Waals surface area (Å²) in [6.07, 6.45) is 4.06. The van der Waals surface area contributed by atoms with Crippen LogP contribution < -0.4 is 0 Å². The van der Waals surface area contributed by atoms with Gasteiger partial charge in [0.15, 0.2) is 17.5 Å². The molecule has 19 aromatic carbocycles. The molecule has 10 aromatic heterocycles. The number of imidazole rings is 3. The Kier molecular flexibility index (Phi) is 22.6. The zero-order valence-corrected chi connectivity index (χ0v) is 80.7. The lowest BCUT2D eigenvalue weighted by atomic mass is 10.00. The number of hydrogen-bond donors (Lipinski definition) is 0. The second-order valence-corrected chi connectivity index (χ2v) is 37.2. The number of para-hydroxylation sites is 8. The van der Waals surface area contributed by atoms with Crippen LogP contribution in [-0.2, 0) is 0 Å². The number of nitrogens with zero attached hydrogens (tertiary/aromatic N) is 12. The van der Waals surface area contributed by atoms with Crippen LogP contribution >= 0.6 is 0 Å². The molecule has 0 aliphatic rings. The number of benzene rings is 19. The lowest BCUT2D eigenvalue weighted by molar-refractivity contribution is 0.668. The Morgan fingerprint density at radius 3 is 0.787 bits per heavy atom. The summed E-state index contributed by atoms with van der Waals surface area (Å²) in [5.41, 5.74) is 37.6. The number of aromatic nitrogens is 12. The van der Waals surface area contributed by atoms with Crippen molar-refractivity contribution in [1.29, 1.82) is 0 Å². The highest BCUT2D eigenvalue weighted by molar-refractivity contribution is 6.09. The molecule has 0 spiro atoms. The van der Waals surface area contributed by atoms with E-state index < -0.39 is 0 Å². The predicted molar refractivity (Wildman–Crippen MR) is 607 cm³/mol. The van der Waals surface area contributed by atoms with Gasteiger partial charge in [0.1, 0.15) is 50.8 Å². The zero-order chi connectivity index (χ0) is 99.3. The van der Waals surface area contributed by atoms with Crippen LogP contribution in [0.1, 0.15) is 0 Å². The lowest BCUT2D eigenvalue weighted by Crippen LogP contribution is -1.99. The molecule has 0 radical (unpaired) electrons. The maximum absolute atomic E-state index is 6.06. The first-order valence-electron chi connectivity index (χ1n) is 50.0. The smallest absolute Gasteiger partial charge is 0.160 e. The largest absolute Gasteiger partial charge is 0.456 e. The molecular formula is C135H86N12O3. The van der Waals surface area contributed by atoms with Crippen LogP contribution in [0.3, 0.4) is 0 Å². The fourth-order valence-electron chi connectivity index (χ4n) is 20.2. The monoisotopic (exact) mass is 1920 g/mol. The second-order valence-electron chi connectivity index (χ2n) is 37.2. The maximum Gasteiger partial charge on any atom is 0.160 e. The molecule has 0 unspecified atom stereocenters. The van der Waals surface area contributed by atoms with E-state index in [0.717, 1.165) is 257 Å². The molecule has 0 saturated heterocycles. The molecule has 0 saturated carbocycles. The second kappa shape index (κ2) is 38.3. The molecule has 704 valence electrons. The van der Waals surface area contributed by atoms with Crippen LogP contribution in [0.25, 0.3) is 274 Å². The Hall–Kier alpha value is -20.6. The highest BCUT2D eigenvalue weighted by Crippen LogP contribution is 2.43. The van der Waals surface area contributed by atoms with Crippen molar-refractivity contribution in [3.63, 3.8) is 0 Å². The van der Waals surface area contributed by atoms with E-state index in [1.807, 2.05) is 168 Å². The molecule has 15 heteroatoms. The van der Waals surface area contributed by atoms with E-state index in [2.05, 4.69) is 367 Å². The maximum atomic E-state index is 6.06. The van der Waals surface area contributed by atoms with Gasteiger partial charge in [-0.3, -0.25) is 9.13 Å². The SMILES string of the molecule is c1ccc(-c2cc(-c3ccc(-c4ccc5oc6ccccc6c5c4)cc3)nc(-c3ccc(-c4cn5ccccc5n4)cc3)n2)cc1.c1ccc(-c2cc(-c3ccc(-c4ccc5oc6ccccc6c5c4)cc3)nc(-c3ccc(-c4nc5ccccc5n4-c4ccccc4)cc3)n2)cc1.c1ccc(-c2cc(-c3ccc(-c4ccc5oc6ccccc6c5c4)cc3)nc(-c3ccc(-n4c(-c5ccccc5)nc5ccccc54)cc3)n2)cc1. The van der Waals surface area contributed by atoms with Crippen molar-refractivity contribution in [2.24, 2.45) is 0 Å². The Morgan fingerprint density at radius 2 is 0.420 bits per heavy atom. The van der Waals surface area contributed by atoms with E-state index in [-0.39, 0.29) is 0 Å². The molecule has 0 aliphatic heterocycles. The molecule has 0 fully saturated rings. The molecule has 29 rings (SSSR count).